The number of halogens is 1. The number of benzene rings is 1. The van der Waals surface area contributed by atoms with Crippen molar-refractivity contribution in [3.05, 3.63) is 23.8 Å². The predicted molar refractivity (Wildman–Crippen MR) is 59.0 cm³/mol. The molecule has 0 aromatic heterocycles. The first-order valence-corrected chi connectivity index (χ1v) is 4.66. The summed E-state index contributed by atoms with van der Waals surface area (Å²) >= 11 is 1.70. The van der Waals surface area contributed by atoms with Crippen molar-refractivity contribution in [1.29, 1.82) is 0 Å². The van der Waals surface area contributed by atoms with E-state index in [9.17, 15) is 4.79 Å². The molecule has 0 atom stereocenters. The molecule has 0 aliphatic rings. The van der Waals surface area contributed by atoms with Gasteiger partial charge in [-0.05, 0) is 12.1 Å². The Balaban J connectivity index is 3.11. The smallest absolute Gasteiger partial charge is 0.341 e. The van der Waals surface area contributed by atoms with Crippen molar-refractivity contribution in [1.82, 2.24) is 0 Å². The van der Waals surface area contributed by atoms with Crippen LogP contribution in [0, 0.1) is 0 Å². The van der Waals surface area contributed by atoms with Crippen LogP contribution in [-0.2, 0) is 4.74 Å². The predicted octanol–water partition coefficient (Wildman–Crippen LogP) is 2.21. The molecule has 0 unspecified atom stereocenters. The lowest BCUT2D eigenvalue weighted by molar-refractivity contribution is 0.0599. The largest absolute Gasteiger partial charge is 0.497 e. The van der Waals surface area contributed by atoms with Crippen LogP contribution in [0.25, 0.3) is 0 Å². The van der Waals surface area contributed by atoms with Crippen molar-refractivity contribution < 1.29 is 17.3 Å². The molecule has 14 heavy (non-hydrogen) atoms. The first kappa shape index (κ1) is 11.1. The second-order valence-corrected chi connectivity index (χ2v) is 2.87. The minimum Gasteiger partial charge on any atom is -0.497 e. The van der Waals surface area contributed by atoms with Gasteiger partial charge in [0.25, 0.3) is 0 Å². The first-order valence-electron chi connectivity index (χ1n) is 3.78. The molecule has 0 aliphatic carbocycles. The van der Waals surface area contributed by atoms with Gasteiger partial charge < -0.3 is 12.5 Å². The summed E-state index contributed by atoms with van der Waals surface area (Å²) < 4.78 is 14.6. The summed E-state index contributed by atoms with van der Waals surface area (Å²) in [6, 6.07) is 4.89. The zero-order chi connectivity index (χ0) is 10.6. The third-order valence-corrected chi connectivity index (χ3v) is 2.15. The minimum atomic E-state index is -0.431. The monoisotopic (exact) mass is 308 g/mol. The van der Waals surface area contributed by atoms with E-state index in [1.165, 1.54) is 7.11 Å². The molecule has 0 bridgehead atoms. The minimum absolute atomic E-state index is 0.378. The molecule has 0 saturated carbocycles. The molecule has 76 valence electrons. The average molecular weight is 308 g/mol. The second kappa shape index (κ2) is 5.04. The summed E-state index contributed by atoms with van der Waals surface area (Å²) in [5, 5.41) is 0. The van der Waals surface area contributed by atoms with Gasteiger partial charge in [-0.2, -0.15) is 0 Å². The van der Waals surface area contributed by atoms with E-state index < -0.39 is 5.97 Å². The summed E-state index contributed by atoms with van der Waals surface area (Å²) in [7, 11) is 2.87. The molecule has 0 saturated heterocycles. The molecule has 1 rings (SSSR count). The van der Waals surface area contributed by atoms with Gasteiger partial charge in [-0.1, -0.05) is 0 Å². The number of rotatable bonds is 3. The zero-order valence-corrected chi connectivity index (χ0v) is 9.90. The highest BCUT2D eigenvalue weighted by Gasteiger charge is 2.13. The lowest BCUT2D eigenvalue weighted by Gasteiger charge is -2.06. The van der Waals surface area contributed by atoms with Gasteiger partial charge in [0.05, 0.1) is 14.2 Å². The Morgan fingerprint density at radius 3 is 2.57 bits per heavy atom. The number of hydrogen-bond donors (Lipinski definition) is 0. The summed E-state index contributed by atoms with van der Waals surface area (Å²) in [6.07, 6.45) is 0. The number of esters is 1. The Hall–Kier alpha value is -0.980. The highest BCUT2D eigenvalue weighted by Crippen LogP contribution is 2.26. The van der Waals surface area contributed by atoms with E-state index in [-0.39, 0.29) is 0 Å². The van der Waals surface area contributed by atoms with Crippen molar-refractivity contribution in [3.8, 4) is 11.5 Å². The Morgan fingerprint density at radius 2 is 2.07 bits per heavy atom. The topological polar surface area (TPSA) is 44.8 Å². The van der Waals surface area contributed by atoms with Crippen molar-refractivity contribution in [2.75, 3.05) is 14.2 Å². The molecule has 0 heterocycles. The molecule has 4 nitrogen and oxygen atoms in total. The Bertz CT molecular complexity index is 338. The van der Waals surface area contributed by atoms with Crippen LogP contribution >= 0.6 is 23.0 Å². The van der Waals surface area contributed by atoms with Crippen molar-refractivity contribution in [3.63, 3.8) is 0 Å². The maximum absolute atomic E-state index is 11.2. The second-order valence-electron chi connectivity index (χ2n) is 2.43. The molecule has 1 aromatic carbocycles. The molecule has 5 heteroatoms. The van der Waals surface area contributed by atoms with Crippen LogP contribution in [0.5, 0.6) is 11.5 Å². The standard InChI is InChI=1S/C9H9IO4/c1-12-6-3-4-7(9(11)13-2)8(5-6)14-10/h3-5H,1-2H3. The van der Waals surface area contributed by atoms with Gasteiger partial charge in [0, 0.05) is 6.07 Å². The highest BCUT2D eigenvalue weighted by molar-refractivity contribution is 14.1. The van der Waals surface area contributed by atoms with Gasteiger partial charge in [0.2, 0.25) is 0 Å². The fourth-order valence-electron chi connectivity index (χ4n) is 0.972. The SMILES string of the molecule is COC(=O)c1ccc(OC)cc1OI. The van der Waals surface area contributed by atoms with Crippen LogP contribution < -0.4 is 7.80 Å². The molecule has 0 radical (unpaired) electrons. The van der Waals surface area contributed by atoms with Gasteiger partial charge in [-0.25, -0.2) is 4.79 Å². The zero-order valence-electron chi connectivity index (χ0n) is 7.74. The van der Waals surface area contributed by atoms with E-state index in [0.29, 0.717) is 17.1 Å². The summed E-state index contributed by atoms with van der Waals surface area (Å²) in [5.41, 5.74) is 0.378. The molecule has 0 aliphatic heterocycles. The highest BCUT2D eigenvalue weighted by atomic mass is 127. The van der Waals surface area contributed by atoms with Gasteiger partial charge >= 0.3 is 5.97 Å². The van der Waals surface area contributed by atoms with Gasteiger partial charge in [0.1, 0.15) is 11.3 Å². The molecular formula is C9H9IO4. The van der Waals surface area contributed by atoms with E-state index in [0.717, 1.165) is 0 Å². The van der Waals surface area contributed by atoms with Crippen LogP contribution in [-0.4, -0.2) is 20.2 Å². The van der Waals surface area contributed by atoms with Crippen molar-refractivity contribution in [2.24, 2.45) is 0 Å². The van der Waals surface area contributed by atoms with E-state index in [1.54, 1.807) is 48.3 Å². The van der Waals surface area contributed by atoms with Crippen molar-refractivity contribution >= 4 is 29.0 Å². The van der Waals surface area contributed by atoms with Crippen LogP contribution in [0.2, 0.25) is 0 Å². The Labute approximate surface area is 95.8 Å². The average Bonchev–Trinajstić information content (AvgIpc) is 2.27. The molecule has 0 fully saturated rings. The third kappa shape index (κ3) is 2.28. The van der Waals surface area contributed by atoms with Crippen LogP contribution in [0.3, 0.4) is 0 Å². The van der Waals surface area contributed by atoms with E-state index in [2.05, 4.69) is 4.74 Å². The van der Waals surface area contributed by atoms with Gasteiger partial charge in [-0.15, -0.1) is 0 Å². The summed E-state index contributed by atoms with van der Waals surface area (Å²) in [5.74, 6) is 0.625. The van der Waals surface area contributed by atoms with Crippen LogP contribution in [0.4, 0.5) is 0 Å². The first-order chi connectivity index (χ1) is 6.72. The van der Waals surface area contributed by atoms with Crippen LogP contribution in [0.1, 0.15) is 10.4 Å². The van der Waals surface area contributed by atoms with Gasteiger partial charge in [-0.3, -0.25) is 0 Å². The maximum Gasteiger partial charge on any atom is 0.341 e. The van der Waals surface area contributed by atoms with Crippen molar-refractivity contribution in [2.45, 2.75) is 0 Å². The molecule has 0 spiro atoms. The third-order valence-electron chi connectivity index (χ3n) is 1.68. The Kier molecular flexibility index (Phi) is 3.99. The van der Waals surface area contributed by atoms with E-state index in [1.807, 2.05) is 0 Å². The van der Waals surface area contributed by atoms with E-state index >= 15 is 0 Å². The molecule has 0 N–H and O–H groups in total. The molecule has 1 aromatic rings. The number of carbonyl (C=O) groups excluding carboxylic acids is 1. The lowest BCUT2D eigenvalue weighted by atomic mass is 10.2. The maximum atomic E-state index is 11.2. The lowest BCUT2D eigenvalue weighted by Crippen LogP contribution is -2.02. The number of methoxy groups -OCH3 is 2. The normalized spacial score (nSPS) is 9.36. The van der Waals surface area contributed by atoms with Gasteiger partial charge in [0.15, 0.2) is 28.8 Å². The quantitative estimate of drug-likeness (QED) is 0.634. The molecule has 0 amide bonds. The number of ether oxygens (including phenoxy) is 2. The fourth-order valence-corrected chi connectivity index (χ4v) is 1.34. The number of hydrogen-bond acceptors (Lipinski definition) is 4. The van der Waals surface area contributed by atoms with E-state index in [4.69, 9.17) is 7.80 Å². The van der Waals surface area contributed by atoms with Crippen LogP contribution in [0.15, 0.2) is 18.2 Å². The fraction of sp³-hybridized carbons (Fsp3) is 0.222. The summed E-state index contributed by atoms with van der Waals surface area (Å²) in [4.78, 5) is 11.2. The summed E-state index contributed by atoms with van der Waals surface area (Å²) in [6.45, 7) is 0. The number of carbonyl (C=O) groups is 1. The Morgan fingerprint density at radius 1 is 1.36 bits per heavy atom. The molecular weight excluding hydrogens is 299 g/mol.